The van der Waals surface area contributed by atoms with Crippen LogP contribution in [0.2, 0.25) is 0 Å². The maximum atomic E-state index is 13.6. The van der Waals surface area contributed by atoms with Crippen molar-refractivity contribution < 1.29 is 57.2 Å². The summed E-state index contributed by atoms with van der Waals surface area (Å²) in [5.41, 5.74) is 8.91. The summed E-state index contributed by atoms with van der Waals surface area (Å²) < 4.78 is 35.1. The molecular formula is C96H115IN16O12S6. The number of aromatic nitrogens is 8. The molecule has 694 valence electrons. The predicted octanol–water partition coefficient (Wildman–Crippen LogP) is 23.8. The van der Waals surface area contributed by atoms with Crippen LogP contribution in [-0.4, -0.2) is 194 Å². The van der Waals surface area contributed by atoms with Crippen molar-refractivity contribution in [1.82, 2.24) is 75.0 Å². The van der Waals surface area contributed by atoms with E-state index in [1.165, 1.54) is 71.1 Å². The second kappa shape index (κ2) is 39.9. The lowest BCUT2D eigenvalue weighted by Gasteiger charge is -2.30. The van der Waals surface area contributed by atoms with Crippen molar-refractivity contribution in [3.8, 4) is 63.9 Å². The molecule has 18 rings (SSSR count). The molecule has 0 spiro atoms. The fourth-order valence-corrected chi connectivity index (χ4v) is 25.5. The van der Waals surface area contributed by atoms with Crippen LogP contribution in [0.3, 0.4) is 0 Å². The van der Waals surface area contributed by atoms with Crippen molar-refractivity contribution in [3.05, 3.63) is 148 Å². The molecule has 12 aromatic rings. The number of nitrogens with zero attached hydrogens (tertiary/aromatic N) is 10. The van der Waals surface area contributed by atoms with Crippen molar-refractivity contribution in [1.29, 1.82) is 0 Å². The van der Waals surface area contributed by atoms with E-state index in [-0.39, 0.29) is 79.6 Å². The summed E-state index contributed by atoms with van der Waals surface area (Å²) in [5.74, 6) is 2.66. The zero-order valence-electron chi connectivity index (χ0n) is 75.7. The van der Waals surface area contributed by atoms with Crippen LogP contribution in [0.25, 0.3) is 97.6 Å². The molecule has 7 amide bonds. The van der Waals surface area contributed by atoms with Crippen LogP contribution in [0.1, 0.15) is 221 Å². The van der Waals surface area contributed by atoms with E-state index in [9.17, 15) is 33.6 Å². The highest BCUT2D eigenvalue weighted by atomic mass is 127. The second-order valence-electron chi connectivity index (χ2n) is 37.2. The van der Waals surface area contributed by atoms with Crippen LogP contribution in [0.15, 0.2) is 121 Å². The first-order valence-corrected chi connectivity index (χ1v) is 50.3. The number of rotatable bonds is 18. The van der Waals surface area contributed by atoms with Crippen molar-refractivity contribution in [3.63, 3.8) is 0 Å². The number of halogens is 1. The Hall–Kier alpha value is -10.3. The van der Waals surface area contributed by atoms with Gasteiger partial charge in [0.25, 0.3) is 0 Å². The number of H-pyrrole nitrogens is 4. The predicted molar refractivity (Wildman–Crippen MR) is 531 cm³/mol. The van der Waals surface area contributed by atoms with Crippen LogP contribution in [0, 0.1) is 14.7 Å². The number of aromatic amines is 4. The Labute approximate surface area is 800 Å². The van der Waals surface area contributed by atoms with Gasteiger partial charge in [0.15, 0.2) is 0 Å². The molecular weight excluding hydrogens is 1890 g/mol. The smallest absolute Gasteiger partial charge is 0.410 e. The van der Waals surface area contributed by atoms with Gasteiger partial charge in [-0.2, -0.15) is 0 Å². The Morgan fingerprint density at radius 2 is 0.702 bits per heavy atom. The molecule has 6 aliphatic heterocycles. The number of hydrogen-bond acceptors (Lipinski definition) is 23. The van der Waals surface area contributed by atoms with Crippen LogP contribution in [0.5, 0.6) is 0 Å². The average molecular weight is 2000 g/mol. The van der Waals surface area contributed by atoms with Gasteiger partial charge in [0.2, 0.25) is 11.8 Å². The van der Waals surface area contributed by atoms with Gasteiger partial charge in [-0.1, -0.05) is 83.7 Å². The molecule has 0 aliphatic carbocycles. The topological polar surface area (TPSA) is 333 Å². The number of nitrogens with one attached hydrogen (secondary N) is 6. The molecule has 35 heteroatoms. The molecule has 6 aliphatic rings. The molecule has 10 aromatic heterocycles. The third-order valence-electron chi connectivity index (χ3n) is 23.7. The van der Waals surface area contributed by atoms with Gasteiger partial charge in [-0.25, -0.2) is 43.9 Å². The minimum atomic E-state index is -0.683. The summed E-state index contributed by atoms with van der Waals surface area (Å²) >= 11 is 12.9. The zero-order valence-corrected chi connectivity index (χ0v) is 82.7. The molecule has 5 fully saturated rings. The van der Waals surface area contributed by atoms with E-state index in [0.717, 1.165) is 149 Å². The lowest BCUT2D eigenvalue weighted by Crippen LogP contribution is -2.51. The van der Waals surface area contributed by atoms with Crippen molar-refractivity contribution in [2.24, 2.45) is 16.8 Å². The molecule has 2 aromatic carbocycles. The molecule has 6 N–H and O–H groups in total. The van der Waals surface area contributed by atoms with E-state index in [2.05, 4.69) is 153 Å². The number of alkyl carbamates (subject to hydrolysis) is 2. The molecule has 5 saturated heterocycles. The van der Waals surface area contributed by atoms with Gasteiger partial charge in [0.05, 0.1) is 110 Å². The Morgan fingerprint density at radius 1 is 0.405 bits per heavy atom. The molecule has 0 bridgehead atoms. The Bertz CT molecular complexity index is 6100. The number of allylic oxidation sites excluding steroid dienone is 1. The number of benzene rings is 2. The number of ether oxygens (including phenoxy) is 5. The fraction of sp³-hybridized carbons (Fsp3) is 0.458. The van der Waals surface area contributed by atoms with E-state index < -0.39 is 41.1 Å². The molecule has 7 atom stereocenters. The number of aliphatic imine (C=N–C) groups is 1. The first-order chi connectivity index (χ1) is 62.1. The third-order valence-corrected chi connectivity index (χ3v) is 31.5. The first-order valence-electron chi connectivity index (χ1n) is 44.3. The summed E-state index contributed by atoms with van der Waals surface area (Å²) in [5, 5.41) is 5.40. The molecule has 131 heavy (non-hydrogen) atoms. The minimum absolute atomic E-state index is 0. The summed E-state index contributed by atoms with van der Waals surface area (Å²) in [4.78, 5) is 141. The Morgan fingerprint density at radius 3 is 1.06 bits per heavy atom. The molecule has 16 heterocycles. The number of fused-ring (bicyclic) bond motifs is 3. The highest BCUT2D eigenvalue weighted by Gasteiger charge is 2.43. The number of imidazole rings is 4. The fourth-order valence-electron chi connectivity index (χ4n) is 17.4. The van der Waals surface area contributed by atoms with Crippen LogP contribution < -0.4 is 10.6 Å². The number of likely N-dealkylation sites (tertiary alicyclic amines) is 5. The molecule has 0 unspecified atom stereocenters. The van der Waals surface area contributed by atoms with Gasteiger partial charge in [0, 0.05) is 89.0 Å². The highest BCUT2D eigenvalue weighted by molar-refractivity contribution is 14.1. The first kappa shape index (κ1) is 95.3. The highest BCUT2D eigenvalue weighted by Crippen LogP contribution is 2.47. The second-order valence-corrected chi connectivity index (χ2v) is 45.6. The minimum Gasteiger partial charge on any atom is -0.453 e. The normalized spacial score (nSPS) is 18.7. The maximum absolute atomic E-state index is 13.6. The van der Waals surface area contributed by atoms with Crippen molar-refractivity contribution in [2.45, 2.75) is 227 Å². The number of methoxy groups -OCH3 is 2. The molecule has 0 radical (unpaired) electrons. The Balaban J connectivity index is 0.000000159. The number of amides is 7. The van der Waals surface area contributed by atoms with Crippen LogP contribution in [-0.2, 0) is 33.3 Å². The summed E-state index contributed by atoms with van der Waals surface area (Å²) in [6, 6.07) is 28.5. The largest absolute Gasteiger partial charge is 0.453 e. The van der Waals surface area contributed by atoms with Crippen molar-refractivity contribution >= 4 is 172 Å². The third kappa shape index (κ3) is 21.8. The number of hydrogen-bond donors (Lipinski definition) is 6. The van der Waals surface area contributed by atoms with E-state index in [1.54, 1.807) is 77.8 Å². The summed E-state index contributed by atoms with van der Waals surface area (Å²) in [6.45, 7) is 28.0. The van der Waals surface area contributed by atoms with E-state index in [1.807, 2.05) is 136 Å². The molecule has 0 saturated carbocycles. The van der Waals surface area contributed by atoms with Gasteiger partial charge in [-0.3, -0.25) is 29.3 Å². The standard InChI is InChI=1S/C40H48N8O6S2.C37H43N5O4S2.C18H20IN3O2S2.CH4/c1-21(2)33(45-39(51)53-5)37(49)47-15-7-9-27(47)35-41-19-25(43-35)23-11-13-24(14-12-23)29-17-31-32(55-29)18-30(56-31)26-20-42-36(44-26)28-10-8-16-48(28)38(50)34(22(3)4)46-40(52)54-6;1-36(2,3)45-34(43)41-15-7-9-27(41)25-17-24(20-38-25)22-11-13-23(14-12-22)29-18-31-32(47-29)19-30(48-31)26-21-39-33(40-26)28-10-8-16-42(28)35(44)46-37(4,5)6;1-18(2,3)24-17(23)22-6-4-5-11(22)16-20-9-10(21-16)12-7-13-14(25-12)8-15(19)26-13;/h11-14,17-22,27-28,33-34H,7-10,15-16H2,1-6H3,(H,41,43)(H,42,44)(H,45,51)(H,46,52);11-14,18-21,27-28H,7-10,15-17H2,1-6H3,(H,39,40);7-9,11H,4-6H2,1-3H3,(H,20,21);1H4/t27-,28-,33-,34-;27-,28-;11-;/m000./s1. The zero-order chi connectivity index (χ0) is 91.9. The number of thiophene rings is 6. The van der Waals surface area contributed by atoms with Crippen molar-refractivity contribution in [2.75, 3.05) is 46.9 Å². The van der Waals surface area contributed by atoms with Gasteiger partial charge in [-0.05, 0) is 225 Å². The summed E-state index contributed by atoms with van der Waals surface area (Å²) in [6.07, 6.45) is 16.9. The van der Waals surface area contributed by atoms with Crippen LogP contribution >= 0.6 is 90.6 Å². The Kier molecular flexibility index (Phi) is 29.0. The van der Waals surface area contributed by atoms with E-state index in [0.29, 0.717) is 32.7 Å². The number of carbonyl (C=O) groups is 7. The lowest BCUT2D eigenvalue weighted by molar-refractivity contribution is -0.136. The van der Waals surface area contributed by atoms with Crippen LogP contribution in [0.4, 0.5) is 24.0 Å². The van der Waals surface area contributed by atoms with Gasteiger partial charge in [-0.15, -0.1) is 68.0 Å². The number of carbonyl (C=O) groups excluding carboxylic acids is 7. The van der Waals surface area contributed by atoms with E-state index >= 15 is 0 Å². The maximum Gasteiger partial charge on any atom is 0.410 e. The van der Waals surface area contributed by atoms with Gasteiger partial charge in [0.1, 0.15) is 52.2 Å². The quantitative estimate of drug-likeness (QED) is 0.0343. The van der Waals surface area contributed by atoms with E-state index in [4.69, 9.17) is 33.7 Å². The monoisotopic (exact) mass is 2000 g/mol. The van der Waals surface area contributed by atoms with Gasteiger partial charge >= 0.3 is 30.5 Å². The SMILES string of the molecule is C.CC(C)(C)OC(=O)N1CCC[C@H]1C1=NC=C(c2ccc(-c3cc4sc(-c5cnc([C@@H]6CCCN6C(=O)OC(C)(C)C)[nH]5)cc4s3)cc2)C1.CC(C)(C)OC(=O)N1CCC[C@H]1c1ncc(-c2cc3sc(I)cc3s2)[nH]1.COC(=O)N[C@H](C(=O)N1CCC[C@H]1c1ncc(-c2ccc(-c3cc4sc(-c5cnc([C@@H]6CCCN6C(=O)[C@@H](NC(=O)OC)C(C)C)[nH]5)cc4s3)cc2)[nH]1)C(C)C. The molecule has 28 nitrogen and oxygen atoms in total. The lowest BCUT2D eigenvalue weighted by atomic mass is 9.98. The summed E-state index contributed by atoms with van der Waals surface area (Å²) in [7, 11) is 2.59. The average Bonchev–Trinajstić information content (AvgIpc) is 1.64. The van der Waals surface area contributed by atoms with Gasteiger partial charge < -0.3 is 64.1 Å².